The first-order valence-electron chi connectivity index (χ1n) is 3.98. The van der Waals surface area contributed by atoms with Crippen molar-refractivity contribution in [3.63, 3.8) is 0 Å². The second-order valence-corrected chi connectivity index (χ2v) is 3.08. The molecular formula is C8H12N2O. The summed E-state index contributed by atoms with van der Waals surface area (Å²) in [7, 11) is 0. The minimum Gasteiger partial charge on any atom is -0.361 e. The van der Waals surface area contributed by atoms with Crippen LogP contribution in [0.5, 0.6) is 0 Å². The maximum atomic E-state index is 5.56. The van der Waals surface area contributed by atoms with Gasteiger partial charge in [-0.25, -0.2) is 0 Å². The molecule has 0 bridgehead atoms. The zero-order chi connectivity index (χ0) is 7.84. The van der Waals surface area contributed by atoms with Crippen LogP contribution in [0.15, 0.2) is 4.52 Å². The van der Waals surface area contributed by atoms with Crippen LogP contribution in [0.25, 0.3) is 0 Å². The van der Waals surface area contributed by atoms with E-state index >= 15 is 0 Å². The SMILES string of the molecule is Cc1onc(C2CC2)c1CN. The van der Waals surface area contributed by atoms with Gasteiger partial charge in [-0.15, -0.1) is 0 Å². The molecule has 11 heavy (non-hydrogen) atoms. The zero-order valence-electron chi connectivity index (χ0n) is 6.63. The number of aryl methyl sites for hydroxylation is 1. The number of nitrogens with zero attached hydrogens (tertiary/aromatic N) is 1. The molecule has 0 amide bonds. The van der Waals surface area contributed by atoms with Crippen molar-refractivity contribution in [1.29, 1.82) is 0 Å². The molecule has 1 aromatic rings. The lowest BCUT2D eigenvalue weighted by molar-refractivity contribution is 0.390. The lowest BCUT2D eigenvalue weighted by Gasteiger charge is -1.93. The molecular weight excluding hydrogens is 140 g/mol. The van der Waals surface area contributed by atoms with Gasteiger partial charge in [-0.05, 0) is 19.8 Å². The molecule has 2 rings (SSSR count). The van der Waals surface area contributed by atoms with E-state index in [4.69, 9.17) is 10.3 Å². The summed E-state index contributed by atoms with van der Waals surface area (Å²) in [6.07, 6.45) is 2.50. The van der Waals surface area contributed by atoms with Gasteiger partial charge in [0, 0.05) is 18.0 Å². The van der Waals surface area contributed by atoms with Gasteiger partial charge in [0.2, 0.25) is 0 Å². The van der Waals surface area contributed by atoms with Crippen molar-refractivity contribution in [3.8, 4) is 0 Å². The number of nitrogens with two attached hydrogens (primary N) is 1. The van der Waals surface area contributed by atoms with Crippen LogP contribution in [0, 0.1) is 6.92 Å². The summed E-state index contributed by atoms with van der Waals surface area (Å²) >= 11 is 0. The van der Waals surface area contributed by atoms with Gasteiger partial charge in [0.1, 0.15) is 5.76 Å². The minimum absolute atomic E-state index is 0.557. The predicted molar refractivity (Wildman–Crippen MR) is 41.1 cm³/mol. The van der Waals surface area contributed by atoms with Gasteiger partial charge in [0.15, 0.2) is 0 Å². The van der Waals surface area contributed by atoms with Crippen molar-refractivity contribution in [3.05, 3.63) is 17.0 Å². The topological polar surface area (TPSA) is 52.0 Å². The molecule has 60 valence electrons. The van der Waals surface area contributed by atoms with E-state index in [-0.39, 0.29) is 0 Å². The van der Waals surface area contributed by atoms with E-state index in [1.807, 2.05) is 6.92 Å². The Morgan fingerprint density at radius 1 is 1.64 bits per heavy atom. The van der Waals surface area contributed by atoms with Crippen LogP contribution in [0.2, 0.25) is 0 Å². The van der Waals surface area contributed by atoms with Crippen molar-refractivity contribution in [2.75, 3.05) is 0 Å². The largest absolute Gasteiger partial charge is 0.361 e. The maximum Gasteiger partial charge on any atom is 0.138 e. The Balaban J connectivity index is 2.36. The maximum absolute atomic E-state index is 5.56. The van der Waals surface area contributed by atoms with Crippen molar-refractivity contribution in [1.82, 2.24) is 5.16 Å². The molecule has 0 aromatic carbocycles. The average Bonchev–Trinajstić information content (AvgIpc) is 2.76. The highest BCUT2D eigenvalue weighted by Crippen LogP contribution is 2.41. The molecule has 1 saturated carbocycles. The summed E-state index contributed by atoms with van der Waals surface area (Å²) in [5, 5.41) is 3.99. The number of aromatic nitrogens is 1. The third kappa shape index (κ3) is 1.05. The molecule has 2 N–H and O–H groups in total. The third-order valence-electron chi connectivity index (χ3n) is 2.18. The molecule has 1 aromatic heterocycles. The van der Waals surface area contributed by atoms with Crippen molar-refractivity contribution < 1.29 is 4.52 Å². The van der Waals surface area contributed by atoms with Crippen LogP contribution in [-0.2, 0) is 6.54 Å². The fraction of sp³-hybridized carbons (Fsp3) is 0.625. The van der Waals surface area contributed by atoms with Crippen LogP contribution < -0.4 is 5.73 Å². The molecule has 0 unspecified atom stereocenters. The summed E-state index contributed by atoms with van der Waals surface area (Å²) in [6, 6.07) is 0. The molecule has 0 spiro atoms. The number of hydrogen-bond donors (Lipinski definition) is 1. The monoisotopic (exact) mass is 152 g/mol. The first kappa shape index (κ1) is 6.85. The fourth-order valence-electron chi connectivity index (χ4n) is 1.33. The van der Waals surface area contributed by atoms with Crippen LogP contribution in [0.3, 0.4) is 0 Å². The molecule has 0 aliphatic heterocycles. The Hall–Kier alpha value is -0.830. The first-order valence-corrected chi connectivity index (χ1v) is 3.98. The summed E-state index contributed by atoms with van der Waals surface area (Å²) in [6.45, 7) is 2.47. The van der Waals surface area contributed by atoms with Crippen LogP contribution in [-0.4, -0.2) is 5.16 Å². The first-order chi connectivity index (χ1) is 5.33. The zero-order valence-corrected chi connectivity index (χ0v) is 6.63. The van der Waals surface area contributed by atoms with E-state index in [0.29, 0.717) is 12.5 Å². The Labute approximate surface area is 65.6 Å². The summed E-state index contributed by atoms with van der Waals surface area (Å²) in [5.41, 5.74) is 7.78. The standard InChI is InChI=1S/C8H12N2O/c1-5-7(4-9)8(10-11-5)6-2-3-6/h6H,2-4,9H2,1H3. The number of rotatable bonds is 2. The quantitative estimate of drug-likeness (QED) is 0.695. The number of hydrogen-bond acceptors (Lipinski definition) is 3. The second kappa shape index (κ2) is 2.34. The second-order valence-electron chi connectivity index (χ2n) is 3.08. The average molecular weight is 152 g/mol. The Bertz CT molecular complexity index is 263. The molecule has 1 aliphatic carbocycles. The van der Waals surface area contributed by atoms with Gasteiger partial charge in [-0.3, -0.25) is 0 Å². The van der Waals surface area contributed by atoms with Crippen molar-refractivity contribution in [2.45, 2.75) is 32.2 Å². The van der Waals surface area contributed by atoms with Gasteiger partial charge in [-0.1, -0.05) is 5.16 Å². The van der Waals surface area contributed by atoms with Gasteiger partial charge in [0.25, 0.3) is 0 Å². The third-order valence-corrected chi connectivity index (χ3v) is 2.18. The van der Waals surface area contributed by atoms with E-state index in [9.17, 15) is 0 Å². The Morgan fingerprint density at radius 3 is 2.91 bits per heavy atom. The normalized spacial score (nSPS) is 17.3. The molecule has 0 saturated heterocycles. The lowest BCUT2D eigenvalue weighted by atomic mass is 10.1. The van der Waals surface area contributed by atoms with E-state index in [1.165, 1.54) is 12.8 Å². The highest BCUT2D eigenvalue weighted by Gasteiger charge is 2.29. The molecule has 0 atom stereocenters. The Kier molecular flexibility index (Phi) is 1.46. The minimum atomic E-state index is 0.557. The molecule has 0 radical (unpaired) electrons. The highest BCUT2D eigenvalue weighted by molar-refractivity contribution is 5.27. The van der Waals surface area contributed by atoms with E-state index < -0.39 is 0 Å². The smallest absolute Gasteiger partial charge is 0.138 e. The van der Waals surface area contributed by atoms with Gasteiger partial charge in [-0.2, -0.15) is 0 Å². The van der Waals surface area contributed by atoms with Crippen LogP contribution in [0.1, 0.15) is 35.8 Å². The summed E-state index contributed by atoms with van der Waals surface area (Å²) in [4.78, 5) is 0. The van der Waals surface area contributed by atoms with E-state index in [2.05, 4.69) is 5.16 Å². The molecule has 3 heteroatoms. The van der Waals surface area contributed by atoms with Gasteiger partial charge < -0.3 is 10.3 Å². The van der Waals surface area contributed by atoms with Crippen LogP contribution in [0.4, 0.5) is 0 Å². The van der Waals surface area contributed by atoms with Gasteiger partial charge >= 0.3 is 0 Å². The molecule has 1 heterocycles. The van der Waals surface area contributed by atoms with E-state index in [1.54, 1.807) is 0 Å². The predicted octanol–water partition coefficient (Wildman–Crippen LogP) is 1.32. The highest BCUT2D eigenvalue weighted by atomic mass is 16.5. The van der Waals surface area contributed by atoms with E-state index in [0.717, 1.165) is 17.0 Å². The van der Waals surface area contributed by atoms with Gasteiger partial charge in [0.05, 0.1) is 5.69 Å². The molecule has 1 aliphatic rings. The Morgan fingerprint density at radius 2 is 2.36 bits per heavy atom. The summed E-state index contributed by atoms with van der Waals surface area (Å²) in [5.74, 6) is 1.53. The fourth-order valence-corrected chi connectivity index (χ4v) is 1.33. The lowest BCUT2D eigenvalue weighted by Crippen LogP contribution is -1.99. The molecule has 3 nitrogen and oxygen atoms in total. The van der Waals surface area contributed by atoms with Crippen LogP contribution >= 0.6 is 0 Å². The van der Waals surface area contributed by atoms with Crippen molar-refractivity contribution >= 4 is 0 Å². The summed E-state index contributed by atoms with van der Waals surface area (Å²) < 4.78 is 5.06. The molecule has 1 fully saturated rings. The van der Waals surface area contributed by atoms with Crippen molar-refractivity contribution in [2.24, 2.45) is 5.73 Å².